The first-order chi connectivity index (χ1) is 23.1. The minimum absolute atomic E-state index is 0.0584. The molecular weight excluding hydrogens is 608 g/mol. The third kappa shape index (κ3) is 8.26. The summed E-state index contributed by atoms with van der Waals surface area (Å²) in [6.07, 6.45) is 0.460. The number of carbonyl (C=O) groups excluding carboxylic acids is 3. The molecule has 0 saturated carbocycles. The molecule has 5 rings (SSSR count). The van der Waals surface area contributed by atoms with Crippen LogP contribution in [0.5, 0.6) is 5.75 Å². The van der Waals surface area contributed by atoms with Crippen molar-refractivity contribution in [1.29, 1.82) is 0 Å². The standard InChI is InChI=1S/C38H40N4O6/c1-24(27-12-6-3-7-13-27)34(36(45)40-32(38(47)48)21-25-10-4-2-5-11-25)41-35(44)33-22-28-14-8-9-15-29(28)23-42(33)37(46)31(39)20-26-16-18-30(43)19-17-26/h2-19,24,31-34,43H,20-23,39H2,1H3,(H,40,45)(H,41,44)(H,47,48)/t24-,31-,32-,33-,34+/m0/s1. The molecule has 0 bridgehead atoms. The second-order valence-electron chi connectivity index (χ2n) is 12.2. The number of phenolic OH excluding ortho intramolecular Hbond substituents is 1. The summed E-state index contributed by atoms with van der Waals surface area (Å²) in [6, 6.07) is 27.8. The van der Waals surface area contributed by atoms with Crippen molar-refractivity contribution >= 4 is 23.7 Å². The van der Waals surface area contributed by atoms with Crippen LogP contribution in [-0.4, -0.2) is 63.0 Å². The highest BCUT2D eigenvalue weighted by molar-refractivity contribution is 5.95. The molecule has 1 aliphatic rings. The van der Waals surface area contributed by atoms with Crippen LogP contribution in [0.15, 0.2) is 109 Å². The molecule has 248 valence electrons. The number of hydrogen-bond acceptors (Lipinski definition) is 6. The van der Waals surface area contributed by atoms with Gasteiger partial charge in [0, 0.05) is 25.3 Å². The van der Waals surface area contributed by atoms with Crippen LogP contribution in [0.3, 0.4) is 0 Å². The zero-order chi connectivity index (χ0) is 34.2. The number of benzene rings is 4. The van der Waals surface area contributed by atoms with E-state index in [1.165, 1.54) is 17.0 Å². The molecule has 0 aromatic heterocycles. The van der Waals surface area contributed by atoms with Gasteiger partial charge in [0.2, 0.25) is 17.7 Å². The van der Waals surface area contributed by atoms with Crippen LogP contribution in [0.4, 0.5) is 0 Å². The van der Waals surface area contributed by atoms with Gasteiger partial charge in [-0.2, -0.15) is 0 Å². The van der Waals surface area contributed by atoms with Crippen LogP contribution in [0.25, 0.3) is 0 Å². The molecule has 10 nitrogen and oxygen atoms in total. The fourth-order valence-corrected chi connectivity index (χ4v) is 6.10. The van der Waals surface area contributed by atoms with Crippen molar-refractivity contribution in [2.45, 2.75) is 62.8 Å². The first-order valence-electron chi connectivity index (χ1n) is 15.9. The van der Waals surface area contributed by atoms with Gasteiger partial charge in [0.25, 0.3) is 0 Å². The average Bonchev–Trinajstić information content (AvgIpc) is 3.10. The summed E-state index contributed by atoms with van der Waals surface area (Å²) < 4.78 is 0. The van der Waals surface area contributed by atoms with E-state index in [-0.39, 0.29) is 31.6 Å². The van der Waals surface area contributed by atoms with Crippen LogP contribution in [0.2, 0.25) is 0 Å². The molecule has 0 unspecified atom stereocenters. The summed E-state index contributed by atoms with van der Waals surface area (Å²) >= 11 is 0. The SMILES string of the molecule is C[C@@H](c1ccccc1)[C@@H](NC(=O)[C@@H]1Cc2ccccc2CN1C(=O)[C@@H](N)Cc1ccc(O)cc1)C(=O)N[C@@H](Cc1ccccc1)C(=O)O. The smallest absolute Gasteiger partial charge is 0.326 e. The van der Waals surface area contributed by atoms with E-state index in [4.69, 9.17) is 5.73 Å². The van der Waals surface area contributed by atoms with Gasteiger partial charge in [-0.05, 0) is 46.4 Å². The zero-order valence-electron chi connectivity index (χ0n) is 26.7. The minimum Gasteiger partial charge on any atom is -0.508 e. The number of nitrogens with zero attached hydrogens (tertiary/aromatic N) is 1. The number of phenols is 1. The fourth-order valence-electron chi connectivity index (χ4n) is 6.10. The van der Waals surface area contributed by atoms with Crippen LogP contribution in [-0.2, 0) is 45.0 Å². The lowest BCUT2D eigenvalue weighted by atomic mass is 9.90. The molecule has 1 heterocycles. The topological polar surface area (TPSA) is 162 Å². The van der Waals surface area contributed by atoms with Gasteiger partial charge in [0.05, 0.1) is 6.04 Å². The van der Waals surface area contributed by atoms with E-state index in [0.717, 1.165) is 27.8 Å². The van der Waals surface area contributed by atoms with E-state index in [1.54, 1.807) is 43.3 Å². The molecule has 10 heteroatoms. The number of carboxylic acids is 1. The Labute approximate surface area is 279 Å². The van der Waals surface area contributed by atoms with E-state index in [9.17, 15) is 29.4 Å². The molecule has 4 aromatic rings. The van der Waals surface area contributed by atoms with E-state index < -0.39 is 53.8 Å². The fraction of sp³-hybridized carbons (Fsp3) is 0.263. The molecule has 4 aromatic carbocycles. The van der Waals surface area contributed by atoms with Crippen LogP contribution in [0.1, 0.15) is 40.7 Å². The van der Waals surface area contributed by atoms with Gasteiger partial charge < -0.3 is 31.5 Å². The number of amides is 3. The summed E-state index contributed by atoms with van der Waals surface area (Å²) in [4.78, 5) is 55.8. The van der Waals surface area contributed by atoms with E-state index in [2.05, 4.69) is 10.6 Å². The van der Waals surface area contributed by atoms with Crippen molar-refractivity contribution in [3.8, 4) is 5.75 Å². The lowest BCUT2D eigenvalue weighted by Crippen LogP contribution is -2.60. The van der Waals surface area contributed by atoms with Crippen molar-refractivity contribution in [2.24, 2.45) is 5.73 Å². The maximum Gasteiger partial charge on any atom is 0.326 e. The van der Waals surface area contributed by atoms with Crippen molar-refractivity contribution in [3.63, 3.8) is 0 Å². The zero-order valence-corrected chi connectivity index (χ0v) is 26.7. The molecule has 1 aliphatic heterocycles. The number of nitrogens with two attached hydrogens (primary N) is 1. The molecular formula is C38H40N4O6. The average molecular weight is 649 g/mol. The van der Waals surface area contributed by atoms with Crippen molar-refractivity contribution in [1.82, 2.24) is 15.5 Å². The minimum atomic E-state index is -1.24. The highest BCUT2D eigenvalue weighted by Crippen LogP contribution is 2.26. The predicted octanol–water partition coefficient (Wildman–Crippen LogP) is 3.32. The maximum atomic E-state index is 14.2. The van der Waals surface area contributed by atoms with Gasteiger partial charge in [0.15, 0.2) is 0 Å². The molecule has 0 spiro atoms. The van der Waals surface area contributed by atoms with Crippen molar-refractivity contribution in [3.05, 3.63) is 137 Å². The van der Waals surface area contributed by atoms with Crippen LogP contribution < -0.4 is 16.4 Å². The molecule has 48 heavy (non-hydrogen) atoms. The molecule has 6 N–H and O–H groups in total. The number of aliphatic carboxylic acids is 1. The molecule has 5 atom stereocenters. The molecule has 0 saturated heterocycles. The Balaban J connectivity index is 1.41. The highest BCUT2D eigenvalue weighted by Gasteiger charge is 2.39. The number of aromatic hydroxyl groups is 1. The van der Waals surface area contributed by atoms with Crippen LogP contribution >= 0.6 is 0 Å². The number of fused-ring (bicyclic) bond motifs is 1. The highest BCUT2D eigenvalue weighted by atomic mass is 16.4. The summed E-state index contributed by atoms with van der Waals surface area (Å²) in [7, 11) is 0. The van der Waals surface area contributed by atoms with Gasteiger partial charge in [-0.15, -0.1) is 0 Å². The predicted molar refractivity (Wildman–Crippen MR) is 181 cm³/mol. The second-order valence-corrected chi connectivity index (χ2v) is 12.2. The Morgan fingerprint density at radius 1 is 0.792 bits per heavy atom. The van der Waals surface area contributed by atoms with E-state index >= 15 is 0 Å². The lowest BCUT2D eigenvalue weighted by molar-refractivity contribution is -0.144. The van der Waals surface area contributed by atoms with Gasteiger partial charge in [0.1, 0.15) is 23.9 Å². The summed E-state index contributed by atoms with van der Waals surface area (Å²) in [6.45, 7) is 1.94. The number of nitrogens with one attached hydrogen (secondary N) is 2. The Kier molecular flexibility index (Phi) is 10.9. The van der Waals surface area contributed by atoms with Gasteiger partial charge in [-0.3, -0.25) is 14.4 Å². The molecule has 3 amide bonds. The van der Waals surface area contributed by atoms with E-state index in [0.29, 0.717) is 0 Å². The largest absolute Gasteiger partial charge is 0.508 e. The van der Waals surface area contributed by atoms with Gasteiger partial charge in [-0.1, -0.05) is 104 Å². The quantitative estimate of drug-likeness (QED) is 0.157. The van der Waals surface area contributed by atoms with Gasteiger partial charge >= 0.3 is 5.97 Å². The van der Waals surface area contributed by atoms with Crippen LogP contribution in [0, 0.1) is 0 Å². The number of rotatable bonds is 12. The number of carbonyl (C=O) groups is 4. The first-order valence-corrected chi connectivity index (χ1v) is 15.9. The van der Waals surface area contributed by atoms with Crippen molar-refractivity contribution < 1.29 is 29.4 Å². The normalized spacial score (nSPS) is 16.5. The molecule has 0 fully saturated rings. The molecule has 0 aliphatic carbocycles. The number of carboxylic acid groups (broad SMARTS) is 1. The first kappa shape index (κ1) is 33.9. The third-order valence-corrected chi connectivity index (χ3v) is 8.85. The second kappa shape index (κ2) is 15.4. The Morgan fingerprint density at radius 2 is 1.38 bits per heavy atom. The maximum absolute atomic E-state index is 14.2. The Bertz CT molecular complexity index is 1730. The van der Waals surface area contributed by atoms with Crippen molar-refractivity contribution in [2.75, 3.05) is 0 Å². The molecule has 0 radical (unpaired) electrons. The lowest BCUT2D eigenvalue weighted by Gasteiger charge is -2.38. The Hall–Kier alpha value is -5.48. The summed E-state index contributed by atoms with van der Waals surface area (Å²) in [5.41, 5.74) is 10.5. The third-order valence-electron chi connectivity index (χ3n) is 8.85. The Morgan fingerprint density at radius 3 is 2.02 bits per heavy atom. The van der Waals surface area contributed by atoms with Gasteiger partial charge in [-0.25, -0.2) is 4.79 Å². The van der Waals surface area contributed by atoms with E-state index in [1.807, 2.05) is 60.7 Å². The summed E-state index contributed by atoms with van der Waals surface area (Å²) in [5.74, 6) is -3.27. The summed E-state index contributed by atoms with van der Waals surface area (Å²) in [5, 5.41) is 25.2. The monoisotopic (exact) mass is 648 g/mol. The number of hydrogen-bond donors (Lipinski definition) is 5.